The van der Waals surface area contributed by atoms with E-state index in [-0.39, 0.29) is 16.2 Å². The molecule has 0 radical (unpaired) electrons. The normalized spacial score (nSPS) is 11.8. The first kappa shape index (κ1) is 14.7. The zero-order valence-corrected chi connectivity index (χ0v) is 11.6. The molecule has 1 aromatic carbocycles. The van der Waals surface area contributed by atoms with Crippen molar-refractivity contribution in [3.8, 4) is 0 Å². The van der Waals surface area contributed by atoms with Gasteiger partial charge in [0.05, 0.1) is 16.2 Å². The van der Waals surface area contributed by atoms with Crippen molar-refractivity contribution in [2.45, 2.75) is 32.1 Å². The van der Waals surface area contributed by atoms with E-state index in [0.29, 0.717) is 17.9 Å². The average molecular weight is 270 g/mol. The molecule has 100 valence electrons. The minimum Gasteiger partial charge on any atom is -0.478 e. The van der Waals surface area contributed by atoms with E-state index in [0.717, 1.165) is 0 Å². The van der Waals surface area contributed by atoms with E-state index in [1.807, 2.05) is 13.8 Å². The highest BCUT2D eigenvalue weighted by Gasteiger charge is 2.18. The molecule has 0 amide bonds. The third kappa shape index (κ3) is 3.57. The molecular weight excluding hydrogens is 252 g/mol. The number of rotatable bonds is 5. The summed E-state index contributed by atoms with van der Waals surface area (Å²) in [5, 5.41) is 8.98. The minimum atomic E-state index is -3.39. The molecule has 1 N–H and O–H groups in total. The van der Waals surface area contributed by atoms with Gasteiger partial charge in [0.15, 0.2) is 9.84 Å². The summed E-state index contributed by atoms with van der Waals surface area (Å²) in [6.07, 6.45) is 0.568. The highest BCUT2D eigenvalue weighted by molar-refractivity contribution is 7.91. The number of aryl methyl sites for hydroxylation is 1. The van der Waals surface area contributed by atoms with Crippen LogP contribution in [0.4, 0.5) is 0 Å². The van der Waals surface area contributed by atoms with Gasteiger partial charge in [-0.25, -0.2) is 13.2 Å². The van der Waals surface area contributed by atoms with Crippen molar-refractivity contribution in [2.24, 2.45) is 5.92 Å². The Hall–Kier alpha value is -1.36. The van der Waals surface area contributed by atoms with Crippen LogP contribution in [0.15, 0.2) is 23.1 Å². The fourth-order valence-corrected chi connectivity index (χ4v) is 3.12. The molecule has 5 heteroatoms. The number of benzene rings is 1. The summed E-state index contributed by atoms with van der Waals surface area (Å²) in [6, 6.07) is 4.25. The van der Waals surface area contributed by atoms with Crippen molar-refractivity contribution in [1.29, 1.82) is 0 Å². The zero-order chi connectivity index (χ0) is 13.9. The van der Waals surface area contributed by atoms with Crippen LogP contribution < -0.4 is 0 Å². The molecule has 1 rings (SSSR count). The van der Waals surface area contributed by atoms with Gasteiger partial charge in [-0.1, -0.05) is 19.9 Å². The molecule has 0 saturated carbocycles. The van der Waals surface area contributed by atoms with Crippen LogP contribution >= 0.6 is 0 Å². The second-order valence-corrected chi connectivity index (χ2v) is 6.89. The quantitative estimate of drug-likeness (QED) is 0.892. The summed E-state index contributed by atoms with van der Waals surface area (Å²) < 4.78 is 24.1. The Morgan fingerprint density at radius 3 is 2.44 bits per heavy atom. The van der Waals surface area contributed by atoms with Gasteiger partial charge < -0.3 is 5.11 Å². The highest BCUT2D eigenvalue weighted by Crippen LogP contribution is 2.18. The maximum absolute atomic E-state index is 12.0. The van der Waals surface area contributed by atoms with Crippen molar-refractivity contribution in [1.82, 2.24) is 0 Å². The molecule has 0 aromatic heterocycles. The molecule has 18 heavy (non-hydrogen) atoms. The molecular formula is C13H18O4S. The lowest BCUT2D eigenvalue weighted by Gasteiger charge is -2.08. The minimum absolute atomic E-state index is 0.0422. The van der Waals surface area contributed by atoms with Gasteiger partial charge in [0.1, 0.15) is 0 Å². The highest BCUT2D eigenvalue weighted by atomic mass is 32.2. The van der Waals surface area contributed by atoms with E-state index in [2.05, 4.69) is 0 Å². The molecule has 0 aliphatic heterocycles. The molecule has 4 nitrogen and oxygen atoms in total. The number of aromatic carboxylic acids is 1. The Balaban J connectivity index is 3.10. The molecule has 0 atom stereocenters. The lowest BCUT2D eigenvalue weighted by molar-refractivity contribution is 0.0696. The lowest BCUT2D eigenvalue weighted by atomic mass is 10.1. The second kappa shape index (κ2) is 5.52. The van der Waals surface area contributed by atoms with Crippen LogP contribution in [0.5, 0.6) is 0 Å². The molecule has 0 heterocycles. The third-order valence-electron chi connectivity index (χ3n) is 2.76. The Bertz CT molecular complexity index is 544. The standard InChI is InChI=1S/C13H18O4S/c1-9(2)6-7-18(16,17)11-5-4-10(3)12(8-11)13(14)15/h4-5,8-9H,6-7H2,1-3H3,(H,14,15). The van der Waals surface area contributed by atoms with Crippen LogP contribution in [0, 0.1) is 12.8 Å². The van der Waals surface area contributed by atoms with Crippen LogP contribution in [-0.2, 0) is 9.84 Å². The Labute approximate surface area is 108 Å². The smallest absolute Gasteiger partial charge is 0.335 e. The number of hydrogen-bond donors (Lipinski definition) is 1. The fourth-order valence-electron chi connectivity index (χ4n) is 1.53. The Kier molecular flexibility index (Phi) is 4.51. The van der Waals surface area contributed by atoms with E-state index in [9.17, 15) is 13.2 Å². The SMILES string of the molecule is Cc1ccc(S(=O)(=O)CCC(C)C)cc1C(=O)O. The van der Waals surface area contributed by atoms with Crippen LogP contribution in [0.2, 0.25) is 0 Å². The molecule has 0 bridgehead atoms. The maximum atomic E-state index is 12.0. The number of sulfone groups is 1. The summed E-state index contributed by atoms with van der Waals surface area (Å²) in [4.78, 5) is 11.1. The van der Waals surface area contributed by atoms with Gasteiger partial charge >= 0.3 is 5.97 Å². The first-order valence-electron chi connectivity index (χ1n) is 5.80. The first-order valence-corrected chi connectivity index (χ1v) is 7.46. The van der Waals surface area contributed by atoms with Crippen LogP contribution in [0.25, 0.3) is 0 Å². The van der Waals surface area contributed by atoms with Gasteiger partial charge in [0.2, 0.25) is 0 Å². The largest absolute Gasteiger partial charge is 0.478 e. The number of hydrogen-bond acceptors (Lipinski definition) is 3. The Morgan fingerprint density at radius 1 is 1.33 bits per heavy atom. The van der Waals surface area contributed by atoms with Crippen LogP contribution in [0.1, 0.15) is 36.2 Å². The van der Waals surface area contributed by atoms with Gasteiger partial charge in [-0.05, 0) is 37.0 Å². The predicted octanol–water partition coefficient (Wildman–Crippen LogP) is 2.51. The number of carboxylic acids is 1. The molecule has 0 unspecified atom stereocenters. The van der Waals surface area contributed by atoms with E-state index >= 15 is 0 Å². The van der Waals surface area contributed by atoms with E-state index < -0.39 is 15.8 Å². The van der Waals surface area contributed by atoms with Crippen LogP contribution in [0.3, 0.4) is 0 Å². The van der Waals surface area contributed by atoms with Gasteiger partial charge in [-0.2, -0.15) is 0 Å². The molecule has 0 fully saturated rings. The van der Waals surface area contributed by atoms with Crippen molar-refractivity contribution in [3.05, 3.63) is 29.3 Å². The van der Waals surface area contributed by atoms with Gasteiger partial charge in [-0.3, -0.25) is 0 Å². The monoisotopic (exact) mass is 270 g/mol. The number of carboxylic acid groups (broad SMARTS) is 1. The van der Waals surface area contributed by atoms with Gasteiger partial charge in [-0.15, -0.1) is 0 Å². The van der Waals surface area contributed by atoms with E-state index in [1.165, 1.54) is 18.2 Å². The van der Waals surface area contributed by atoms with Crippen molar-refractivity contribution >= 4 is 15.8 Å². The molecule has 0 saturated heterocycles. The summed E-state index contributed by atoms with van der Waals surface area (Å²) in [6.45, 7) is 5.55. The Morgan fingerprint density at radius 2 is 1.94 bits per heavy atom. The van der Waals surface area contributed by atoms with Gasteiger partial charge in [0.25, 0.3) is 0 Å². The maximum Gasteiger partial charge on any atom is 0.335 e. The topological polar surface area (TPSA) is 71.4 Å². The molecule has 0 aliphatic carbocycles. The molecule has 1 aromatic rings. The summed E-state index contributed by atoms with van der Waals surface area (Å²) in [7, 11) is -3.39. The summed E-state index contributed by atoms with van der Waals surface area (Å²) in [5.41, 5.74) is 0.603. The molecule has 0 aliphatic rings. The fraction of sp³-hybridized carbons (Fsp3) is 0.462. The van der Waals surface area contributed by atoms with E-state index in [4.69, 9.17) is 5.11 Å². The molecule has 0 spiro atoms. The average Bonchev–Trinajstić information content (AvgIpc) is 2.26. The summed E-state index contributed by atoms with van der Waals surface area (Å²) in [5.74, 6) is -0.759. The van der Waals surface area contributed by atoms with Crippen molar-refractivity contribution in [3.63, 3.8) is 0 Å². The van der Waals surface area contributed by atoms with Crippen LogP contribution in [-0.4, -0.2) is 25.2 Å². The third-order valence-corrected chi connectivity index (χ3v) is 4.51. The van der Waals surface area contributed by atoms with Gasteiger partial charge in [0, 0.05) is 0 Å². The second-order valence-electron chi connectivity index (χ2n) is 4.78. The van der Waals surface area contributed by atoms with Crippen molar-refractivity contribution < 1.29 is 18.3 Å². The van der Waals surface area contributed by atoms with Crippen molar-refractivity contribution in [2.75, 3.05) is 5.75 Å². The predicted molar refractivity (Wildman–Crippen MR) is 69.6 cm³/mol. The van der Waals surface area contributed by atoms with E-state index in [1.54, 1.807) is 6.92 Å². The first-order chi connectivity index (χ1) is 8.24. The lowest BCUT2D eigenvalue weighted by Crippen LogP contribution is -2.11. The zero-order valence-electron chi connectivity index (χ0n) is 10.8. The number of carbonyl (C=O) groups is 1. The summed E-state index contributed by atoms with van der Waals surface area (Å²) >= 11 is 0.